The average molecular weight is 169 g/mol. The molecule has 12 heavy (non-hydrogen) atoms. The molecule has 0 aliphatic carbocycles. The van der Waals surface area contributed by atoms with E-state index in [0.29, 0.717) is 6.17 Å². The summed E-state index contributed by atoms with van der Waals surface area (Å²) in [5.74, 6) is 0. The van der Waals surface area contributed by atoms with E-state index in [2.05, 4.69) is 10.6 Å². The van der Waals surface area contributed by atoms with Gasteiger partial charge in [0.25, 0.3) is 0 Å². The van der Waals surface area contributed by atoms with Crippen LogP contribution < -0.4 is 10.6 Å². The smallest absolute Gasteiger partial charge is 0.318 e. The lowest BCUT2D eigenvalue weighted by Gasteiger charge is -2.32. The van der Waals surface area contributed by atoms with Gasteiger partial charge in [-0.1, -0.05) is 0 Å². The highest BCUT2D eigenvalue weighted by Crippen LogP contribution is 2.12. The van der Waals surface area contributed by atoms with E-state index in [1.54, 1.807) is 0 Å². The second-order valence-corrected chi connectivity index (χ2v) is 3.39. The van der Waals surface area contributed by atoms with E-state index in [1.165, 1.54) is 6.42 Å². The van der Waals surface area contributed by atoms with Crippen LogP contribution in [0.15, 0.2) is 0 Å². The first-order chi connectivity index (χ1) is 5.88. The van der Waals surface area contributed by atoms with E-state index in [0.717, 1.165) is 32.5 Å². The molecule has 1 unspecified atom stereocenters. The molecule has 2 rings (SSSR count). The van der Waals surface area contributed by atoms with Gasteiger partial charge in [-0.3, -0.25) is 5.32 Å². The molecule has 0 saturated carbocycles. The Morgan fingerprint density at radius 3 is 2.92 bits per heavy atom. The third-order valence-corrected chi connectivity index (χ3v) is 2.52. The van der Waals surface area contributed by atoms with E-state index >= 15 is 0 Å². The van der Waals surface area contributed by atoms with Crippen LogP contribution in [-0.2, 0) is 0 Å². The van der Waals surface area contributed by atoms with E-state index < -0.39 is 0 Å². The predicted octanol–water partition coefficient (Wildman–Crippen LogP) is 0.111. The van der Waals surface area contributed by atoms with Crippen LogP contribution in [0.1, 0.15) is 19.3 Å². The highest BCUT2D eigenvalue weighted by molar-refractivity contribution is 5.75. The highest BCUT2D eigenvalue weighted by Gasteiger charge is 2.27. The van der Waals surface area contributed by atoms with Crippen LogP contribution in [0.2, 0.25) is 0 Å². The maximum absolute atomic E-state index is 11.4. The van der Waals surface area contributed by atoms with Crippen molar-refractivity contribution in [1.29, 1.82) is 0 Å². The molecule has 0 aromatic rings. The maximum atomic E-state index is 11.4. The van der Waals surface area contributed by atoms with Crippen LogP contribution in [0.5, 0.6) is 0 Å². The maximum Gasteiger partial charge on any atom is 0.318 e. The fourth-order valence-electron chi connectivity index (χ4n) is 1.88. The Labute approximate surface area is 72.3 Å². The molecule has 2 saturated heterocycles. The second-order valence-electron chi connectivity index (χ2n) is 3.39. The van der Waals surface area contributed by atoms with Crippen molar-refractivity contribution in [3.63, 3.8) is 0 Å². The monoisotopic (exact) mass is 169 g/mol. The number of rotatable bonds is 1. The Morgan fingerprint density at radius 1 is 1.33 bits per heavy atom. The number of carbonyl (C=O) groups excluding carboxylic acids is 1. The van der Waals surface area contributed by atoms with Gasteiger partial charge in [-0.25, -0.2) is 4.79 Å². The second kappa shape index (κ2) is 3.31. The number of carbonyl (C=O) groups is 1. The number of hydrogen-bond acceptors (Lipinski definition) is 2. The Kier molecular flexibility index (Phi) is 2.17. The number of hydrogen-bond donors (Lipinski definition) is 2. The molecule has 0 spiro atoms. The van der Waals surface area contributed by atoms with Gasteiger partial charge >= 0.3 is 6.03 Å². The summed E-state index contributed by atoms with van der Waals surface area (Å²) in [5.41, 5.74) is 0. The predicted molar refractivity (Wildman–Crippen MR) is 45.7 cm³/mol. The van der Waals surface area contributed by atoms with Gasteiger partial charge in [0.1, 0.15) is 0 Å². The first kappa shape index (κ1) is 7.86. The molecule has 2 aliphatic heterocycles. The zero-order chi connectivity index (χ0) is 8.39. The molecule has 2 N–H and O–H groups in total. The standard InChI is InChI=1S/C8H15N3O/c12-8-10-5-2-6-11(8)7-3-1-4-9-7/h7,9H,1-6H2,(H,10,12). The molecule has 2 amide bonds. The summed E-state index contributed by atoms with van der Waals surface area (Å²) < 4.78 is 0. The van der Waals surface area contributed by atoms with Crippen molar-refractivity contribution >= 4 is 6.03 Å². The third-order valence-electron chi connectivity index (χ3n) is 2.52. The van der Waals surface area contributed by atoms with Crippen molar-refractivity contribution in [2.45, 2.75) is 25.4 Å². The van der Waals surface area contributed by atoms with Gasteiger partial charge in [0.2, 0.25) is 0 Å². The lowest BCUT2D eigenvalue weighted by atomic mass is 10.2. The van der Waals surface area contributed by atoms with E-state index in [4.69, 9.17) is 0 Å². The topological polar surface area (TPSA) is 44.4 Å². The van der Waals surface area contributed by atoms with E-state index in [1.807, 2.05) is 4.90 Å². The van der Waals surface area contributed by atoms with Crippen molar-refractivity contribution in [2.24, 2.45) is 0 Å². The van der Waals surface area contributed by atoms with Crippen molar-refractivity contribution in [3.05, 3.63) is 0 Å². The van der Waals surface area contributed by atoms with Gasteiger partial charge in [0.15, 0.2) is 0 Å². The van der Waals surface area contributed by atoms with Gasteiger partial charge in [-0.05, 0) is 25.8 Å². The van der Waals surface area contributed by atoms with Crippen LogP contribution in [0.25, 0.3) is 0 Å². The van der Waals surface area contributed by atoms with Crippen molar-refractivity contribution in [2.75, 3.05) is 19.6 Å². The van der Waals surface area contributed by atoms with Gasteiger partial charge in [0.05, 0.1) is 6.17 Å². The molecule has 0 aromatic carbocycles. The van der Waals surface area contributed by atoms with Crippen molar-refractivity contribution in [3.8, 4) is 0 Å². The minimum atomic E-state index is 0.0978. The quantitative estimate of drug-likeness (QED) is 0.585. The fourth-order valence-corrected chi connectivity index (χ4v) is 1.88. The largest absolute Gasteiger partial charge is 0.338 e. The molecule has 4 nitrogen and oxygen atoms in total. The summed E-state index contributed by atoms with van der Waals surface area (Å²) >= 11 is 0. The summed E-state index contributed by atoms with van der Waals surface area (Å²) in [5, 5.41) is 6.18. The van der Waals surface area contributed by atoms with Crippen LogP contribution in [0, 0.1) is 0 Å². The van der Waals surface area contributed by atoms with Crippen LogP contribution in [0.3, 0.4) is 0 Å². The Bertz CT molecular complexity index is 177. The molecule has 0 bridgehead atoms. The summed E-state index contributed by atoms with van der Waals surface area (Å²) in [4.78, 5) is 13.3. The fraction of sp³-hybridized carbons (Fsp3) is 0.875. The van der Waals surface area contributed by atoms with Gasteiger partial charge in [-0.15, -0.1) is 0 Å². The molecule has 68 valence electrons. The van der Waals surface area contributed by atoms with E-state index in [9.17, 15) is 4.79 Å². The Hall–Kier alpha value is -0.770. The molecule has 4 heteroatoms. The van der Waals surface area contributed by atoms with Gasteiger partial charge in [-0.2, -0.15) is 0 Å². The lowest BCUT2D eigenvalue weighted by molar-refractivity contribution is 0.155. The Morgan fingerprint density at radius 2 is 2.25 bits per heavy atom. The number of nitrogens with one attached hydrogen (secondary N) is 2. The average Bonchev–Trinajstić information content (AvgIpc) is 2.57. The van der Waals surface area contributed by atoms with Gasteiger partial charge < -0.3 is 10.2 Å². The highest BCUT2D eigenvalue weighted by atomic mass is 16.2. The first-order valence-corrected chi connectivity index (χ1v) is 4.66. The molecule has 0 aromatic heterocycles. The van der Waals surface area contributed by atoms with Crippen LogP contribution in [-0.4, -0.2) is 36.7 Å². The molecular formula is C8H15N3O. The number of amides is 2. The molecular weight excluding hydrogens is 154 g/mol. The molecule has 2 heterocycles. The SMILES string of the molecule is O=C1NCCCN1C1CCCN1. The molecule has 2 fully saturated rings. The molecule has 1 atom stereocenters. The van der Waals surface area contributed by atoms with Gasteiger partial charge in [0, 0.05) is 13.1 Å². The summed E-state index contributed by atoms with van der Waals surface area (Å²) in [6.07, 6.45) is 3.66. The third kappa shape index (κ3) is 1.39. The van der Waals surface area contributed by atoms with E-state index in [-0.39, 0.29) is 6.03 Å². The Balaban J connectivity index is 1.95. The summed E-state index contributed by atoms with van der Waals surface area (Å²) in [6.45, 7) is 2.79. The van der Waals surface area contributed by atoms with Crippen molar-refractivity contribution < 1.29 is 4.79 Å². The summed E-state index contributed by atoms with van der Waals surface area (Å²) in [6, 6.07) is 0.0978. The van der Waals surface area contributed by atoms with Crippen LogP contribution in [0.4, 0.5) is 4.79 Å². The zero-order valence-electron chi connectivity index (χ0n) is 7.18. The zero-order valence-corrected chi connectivity index (χ0v) is 7.18. The molecule has 2 aliphatic rings. The minimum Gasteiger partial charge on any atom is -0.338 e. The first-order valence-electron chi connectivity index (χ1n) is 4.66. The summed E-state index contributed by atoms with van der Waals surface area (Å²) in [7, 11) is 0. The lowest BCUT2D eigenvalue weighted by Crippen LogP contribution is -2.54. The number of nitrogens with zero attached hydrogens (tertiary/aromatic N) is 1. The van der Waals surface area contributed by atoms with Crippen LogP contribution >= 0.6 is 0 Å². The number of urea groups is 1. The molecule has 0 radical (unpaired) electrons. The van der Waals surface area contributed by atoms with Crippen molar-refractivity contribution in [1.82, 2.24) is 15.5 Å². The normalized spacial score (nSPS) is 30.5. The minimum absolute atomic E-state index is 0.0978.